The Morgan fingerprint density at radius 1 is 1.35 bits per heavy atom. The highest BCUT2D eigenvalue weighted by molar-refractivity contribution is 5.71. The van der Waals surface area contributed by atoms with E-state index in [9.17, 15) is 0 Å². The summed E-state index contributed by atoms with van der Waals surface area (Å²) in [7, 11) is 1.85. The summed E-state index contributed by atoms with van der Waals surface area (Å²) in [5.41, 5.74) is 10.2. The number of anilines is 1. The van der Waals surface area contributed by atoms with Crippen molar-refractivity contribution in [1.82, 2.24) is 9.78 Å². The number of benzene rings is 1. The Morgan fingerprint density at radius 2 is 2.10 bits per heavy atom. The molecule has 2 N–H and O–H groups in total. The second-order valence-corrected chi connectivity index (χ2v) is 5.72. The second-order valence-electron chi connectivity index (χ2n) is 5.72. The van der Waals surface area contributed by atoms with Gasteiger partial charge in [-0.15, -0.1) is 0 Å². The number of rotatable bonds is 4. The molecule has 1 heterocycles. The molecule has 1 aromatic carbocycles. The van der Waals surface area contributed by atoms with Crippen LogP contribution in [0.2, 0.25) is 0 Å². The lowest BCUT2D eigenvalue weighted by Gasteiger charge is -2.14. The first kappa shape index (κ1) is 13.0. The van der Waals surface area contributed by atoms with Gasteiger partial charge in [-0.1, -0.05) is 6.07 Å². The van der Waals surface area contributed by atoms with Gasteiger partial charge in [0.25, 0.3) is 0 Å². The van der Waals surface area contributed by atoms with Gasteiger partial charge in [-0.3, -0.25) is 4.68 Å². The zero-order valence-electron chi connectivity index (χ0n) is 12.3. The van der Waals surface area contributed by atoms with Crippen LogP contribution in [0.15, 0.2) is 18.2 Å². The van der Waals surface area contributed by atoms with Gasteiger partial charge in [0.1, 0.15) is 11.6 Å². The van der Waals surface area contributed by atoms with Gasteiger partial charge >= 0.3 is 0 Å². The highest BCUT2D eigenvalue weighted by atomic mass is 16.5. The number of nitrogens with two attached hydrogens (primary N) is 1. The molecular formula is C16H21N3O. The van der Waals surface area contributed by atoms with Crippen LogP contribution in [0, 0.1) is 19.8 Å². The van der Waals surface area contributed by atoms with E-state index < -0.39 is 0 Å². The molecule has 0 atom stereocenters. The van der Waals surface area contributed by atoms with Crippen LogP contribution in [0.3, 0.4) is 0 Å². The van der Waals surface area contributed by atoms with Gasteiger partial charge < -0.3 is 10.5 Å². The first-order valence-corrected chi connectivity index (χ1v) is 7.09. The molecule has 0 unspecified atom stereocenters. The minimum atomic E-state index is 0.659. The largest absolute Gasteiger partial charge is 0.492 e. The fourth-order valence-electron chi connectivity index (χ4n) is 2.28. The van der Waals surface area contributed by atoms with Gasteiger partial charge in [0.2, 0.25) is 0 Å². The molecule has 1 aliphatic rings. The number of nitrogen functional groups attached to an aromatic ring is 1. The summed E-state index contributed by atoms with van der Waals surface area (Å²) in [6, 6.07) is 6.08. The first-order chi connectivity index (χ1) is 9.56. The van der Waals surface area contributed by atoms with Gasteiger partial charge in [0, 0.05) is 18.7 Å². The fraction of sp³-hybridized carbons (Fsp3) is 0.438. The molecule has 0 saturated heterocycles. The van der Waals surface area contributed by atoms with Crippen LogP contribution < -0.4 is 10.5 Å². The maximum absolute atomic E-state index is 6.09. The SMILES string of the molecule is Cc1ccc(-c2cc(N)n(C)n2)c(OCC2CC2)c1C. The predicted molar refractivity (Wildman–Crippen MR) is 80.7 cm³/mol. The van der Waals surface area contributed by atoms with E-state index >= 15 is 0 Å². The molecule has 4 nitrogen and oxygen atoms in total. The Bertz CT molecular complexity index is 622. The third-order valence-corrected chi connectivity index (χ3v) is 4.03. The van der Waals surface area contributed by atoms with Crippen LogP contribution in [-0.4, -0.2) is 16.4 Å². The Balaban J connectivity index is 2.01. The molecule has 0 amide bonds. The molecule has 0 spiro atoms. The molecular weight excluding hydrogens is 250 g/mol. The summed E-state index contributed by atoms with van der Waals surface area (Å²) >= 11 is 0. The zero-order valence-corrected chi connectivity index (χ0v) is 12.3. The third kappa shape index (κ3) is 2.38. The van der Waals surface area contributed by atoms with Gasteiger partial charge in [-0.05, 0) is 49.8 Å². The van der Waals surface area contributed by atoms with Crippen molar-refractivity contribution in [2.75, 3.05) is 12.3 Å². The van der Waals surface area contributed by atoms with E-state index in [1.165, 1.54) is 24.0 Å². The Labute approximate surface area is 119 Å². The predicted octanol–water partition coefficient (Wildman–Crippen LogP) is 3.07. The van der Waals surface area contributed by atoms with Crippen molar-refractivity contribution in [3.05, 3.63) is 29.3 Å². The molecule has 0 aliphatic heterocycles. The number of aromatic nitrogens is 2. The molecule has 3 rings (SSSR count). The van der Waals surface area contributed by atoms with Crippen molar-refractivity contribution in [1.29, 1.82) is 0 Å². The first-order valence-electron chi connectivity index (χ1n) is 7.09. The van der Waals surface area contributed by atoms with Crippen LogP contribution >= 0.6 is 0 Å². The Morgan fingerprint density at radius 3 is 2.70 bits per heavy atom. The highest BCUT2D eigenvalue weighted by Crippen LogP contribution is 2.37. The van der Waals surface area contributed by atoms with Crippen molar-refractivity contribution in [2.24, 2.45) is 13.0 Å². The van der Waals surface area contributed by atoms with E-state index in [4.69, 9.17) is 10.5 Å². The summed E-state index contributed by atoms with van der Waals surface area (Å²) < 4.78 is 7.78. The fourth-order valence-corrected chi connectivity index (χ4v) is 2.28. The summed E-state index contributed by atoms with van der Waals surface area (Å²) in [5, 5.41) is 4.47. The standard InChI is InChI=1S/C16H21N3O/c1-10-4-7-13(14-8-15(17)19(3)18-14)16(11(10)2)20-9-12-5-6-12/h4,7-8,12H,5-6,9,17H2,1-3H3. The molecule has 1 aliphatic carbocycles. The van der Waals surface area contributed by atoms with E-state index in [1.807, 2.05) is 13.1 Å². The van der Waals surface area contributed by atoms with Crippen LogP contribution in [0.4, 0.5) is 5.82 Å². The average Bonchev–Trinajstić information content (AvgIpc) is 3.18. The lowest BCUT2D eigenvalue weighted by molar-refractivity contribution is 0.299. The maximum atomic E-state index is 6.09. The maximum Gasteiger partial charge on any atom is 0.131 e. The van der Waals surface area contributed by atoms with Gasteiger partial charge in [-0.2, -0.15) is 5.10 Å². The summed E-state index contributed by atoms with van der Waals surface area (Å²) in [5.74, 6) is 2.35. The average molecular weight is 271 g/mol. The van der Waals surface area contributed by atoms with Crippen molar-refractivity contribution >= 4 is 5.82 Å². The van der Waals surface area contributed by atoms with E-state index in [0.29, 0.717) is 5.82 Å². The van der Waals surface area contributed by atoms with E-state index in [1.54, 1.807) is 4.68 Å². The minimum absolute atomic E-state index is 0.659. The molecule has 20 heavy (non-hydrogen) atoms. The lowest BCUT2D eigenvalue weighted by atomic mass is 10.0. The minimum Gasteiger partial charge on any atom is -0.492 e. The van der Waals surface area contributed by atoms with Crippen LogP contribution in [0.25, 0.3) is 11.3 Å². The lowest BCUT2D eigenvalue weighted by Crippen LogP contribution is -2.03. The van der Waals surface area contributed by atoms with Crippen molar-refractivity contribution in [3.63, 3.8) is 0 Å². The van der Waals surface area contributed by atoms with Crippen LogP contribution in [-0.2, 0) is 7.05 Å². The molecule has 106 valence electrons. The molecule has 1 aromatic heterocycles. The van der Waals surface area contributed by atoms with Crippen molar-refractivity contribution < 1.29 is 4.74 Å². The quantitative estimate of drug-likeness (QED) is 0.929. The summed E-state index contributed by atoms with van der Waals surface area (Å²) in [4.78, 5) is 0. The molecule has 1 fully saturated rings. The number of aryl methyl sites for hydroxylation is 2. The molecule has 0 bridgehead atoms. The molecule has 4 heteroatoms. The van der Waals surface area contributed by atoms with E-state index in [0.717, 1.165) is 29.5 Å². The van der Waals surface area contributed by atoms with Gasteiger partial charge in [-0.25, -0.2) is 0 Å². The van der Waals surface area contributed by atoms with Crippen LogP contribution in [0.1, 0.15) is 24.0 Å². The zero-order chi connectivity index (χ0) is 14.3. The summed E-state index contributed by atoms with van der Waals surface area (Å²) in [6.07, 6.45) is 2.58. The van der Waals surface area contributed by atoms with E-state index in [2.05, 4.69) is 31.1 Å². The van der Waals surface area contributed by atoms with Crippen molar-refractivity contribution in [3.8, 4) is 17.0 Å². The number of hydrogen-bond donors (Lipinski definition) is 1. The Hall–Kier alpha value is -1.97. The van der Waals surface area contributed by atoms with E-state index in [-0.39, 0.29) is 0 Å². The monoisotopic (exact) mass is 271 g/mol. The topological polar surface area (TPSA) is 53.1 Å². The summed E-state index contributed by atoms with van der Waals surface area (Å²) in [6.45, 7) is 5.02. The van der Waals surface area contributed by atoms with Crippen molar-refractivity contribution in [2.45, 2.75) is 26.7 Å². The molecule has 1 saturated carbocycles. The molecule has 0 radical (unpaired) electrons. The van der Waals surface area contributed by atoms with Gasteiger partial charge in [0.05, 0.1) is 12.3 Å². The second kappa shape index (κ2) is 4.85. The third-order valence-electron chi connectivity index (χ3n) is 4.03. The number of hydrogen-bond acceptors (Lipinski definition) is 3. The van der Waals surface area contributed by atoms with Crippen LogP contribution in [0.5, 0.6) is 5.75 Å². The van der Waals surface area contributed by atoms with Gasteiger partial charge in [0.15, 0.2) is 0 Å². The smallest absolute Gasteiger partial charge is 0.131 e. The highest BCUT2D eigenvalue weighted by Gasteiger charge is 2.23. The normalized spacial score (nSPS) is 14.6. The number of ether oxygens (including phenoxy) is 1. The number of nitrogens with zero attached hydrogens (tertiary/aromatic N) is 2. The molecule has 2 aromatic rings. The Kier molecular flexibility index (Phi) is 3.16.